The molecule has 0 aromatic heterocycles. The Morgan fingerprint density at radius 3 is 2.35 bits per heavy atom. The van der Waals surface area contributed by atoms with Crippen LogP contribution in [0.2, 0.25) is 5.02 Å². The minimum Gasteiger partial charge on any atom is -0.378 e. The zero-order valence-electron chi connectivity index (χ0n) is 12.0. The Bertz CT molecular complexity index is 599. The second kappa shape index (κ2) is 5.49. The molecule has 2 heteroatoms. The molecule has 1 nitrogen and oxygen atoms in total. The average Bonchev–Trinajstić information content (AvgIpc) is 3.24. The van der Waals surface area contributed by atoms with Crippen LogP contribution in [0.1, 0.15) is 35.6 Å². The lowest BCUT2D eigenvalue weighted by Crippen LogP contribution is -2.13. The highest BCUT2D eigenvalue weighted by Crippen LogP contribution is 2.43. The van der Waals surface area contributed by atoms with Gasteiger partial charge in [0.2, 0.25) is 0 Å². The molecule has 0 amide bonds. The van der Waals surface area contributed by atoms with E-state index in [2.05, 4.69) is 49.5 Å². The first-order chi connectivity index (χ1) is 9.63. The molecule has 0 heterocycles. The first kappa shape index (κ1) is 13.5. The summed E-state index contributed by atoms with van der Waals surface area (Å²) in [5, 5.41) is 4.53. The van der Waals surface area contributed by atoms with Gasteiger partial charge in [-0.05, 0) is 61.9 Å². The number of rotatable bonds is 4. The predicted octanol–water partition coefficient (Wildman–Crippen LogP) is 5.52. The quantitative estimate of drug-likeness (QED) is 0.780. The lowest BCUT2D eigenvalue weighted by Gasteiger charge is -2.22. The Hall–Kier alpha value is -1.47. The van der Waals surface area contributed by atoms with Gasteiger partial charge in [-0.25, -0.2) is 0 Å². The highest BCUT2D eigenvalue weighted by atomic mass is 35.5. The highest BCUT2D eigenvalue weighted by molar-refractivity contribution is 6.30. The van der Waals surface area contributed by atoms with E-state index in [1.54, 1.807) is 0 Å². The van der Waals surface area contributed by atoms with E-state index < -0.39 is 0 Å². The van der Waals surface area contributed by atoms with E-state index in [1.807, 2.05) is 12.1 Å². The molecular formula is C18H20ClN. The molecule has 1 fully saturated rings. The highest BCUT2D eigenvalue weighted by Gasteiger charge is 2.32. The Morgan fingerprint density at radius 2 is 1.75 bits per heavy atom. The molecule has 2 aromatic carbocycles. The molecule has 104 valence electrons. The predicted molar refractivity (Wildman–Crippen MR) is 86.5 cm³/mol. The van der Waals surface area contributed by atoms with Crippen LogP contribution in [0.5, 0.6) is 0 Å². The van der Waals surface area contributed by atoms with Gasteiger partial charge >= 0.3 is 0 Å². The van der Waals surface area contributed by atoms with Crippen LogP contribution >= 0.6 is 11.6 Å². The summed E-state index contributed by atoms with van der Waals surface area (Å²) < 4.78 is 0. The van der Waals surface area contributed by atoms with Crippen molar-refractivity contribution < 1.29 is 0 Å². The van der Waals surface area contributed by atoms with Crippen molar-refractivity contribution in [2.75, 3.05) is 5.32 Å². The third-order valence-electron chi connectivity index (χ3n) is 4.02. The van der Waals surface area contributed by atoms with E-state index in [-0.39, 0.29) is 0 Å². The molecule has 1 unspecified atom stereocenters. The topological polar surface area (TPSA) is 12.0 Å². The van der Waals surface area contributed by atoms with Crippen molar-refractivity contribution in [3.63, 3.8) is 0 Å². The third kappa shape index (κ3) is 2.99. The Labute approximate surface area is 126 Å². The van der Waals surface area contributed by atoms with Crippen molar-refractivity contribution in [2.24, 2.45) is 5.92 Å². The van der Waals surface area contributed by atoms with E-state index in [0.29, 0.717) is 6.04 Å². The summed E-state index contributed by atoms with van der Waals surface area (Å²) in [6.45, 7) is 4.30. The van der Waals surface area contributed by atoms with Gasteiger partial charge in [0.15, 0.2) is 0 Å². The van der Waals surface area contributed by atoms with Crippen molar-refractivity contribution in [3.05, 3.63) is 64.2 Å². The Kier molecular flexibility index (Phi) is 3.71. The van der Waals surface area contributed by atoms with Gasteiger partial charge in [-0.2, -0.15) is 0 Å². The van der Waals surface area contributed by atoms with Crippen LogP contribution in [0, 0.1) is 19.8 Å². The van der Waals surface area contributed by atoms with Crippen molar-refractivity contribution in [1.29, 1.82) is 0 Å². The first-order valence-corrected chi connectivity index (χ1v) is 7.60. The van der Waals surface area contributed by atoms with Crippen LogP contribution in [-0.2, 0) is 0 Å². The fourth-order valence-electron chi connectivity index (χ4n) is 2.72. The molecule has 2 aromatic rings. The van der Waals surface area contributed by atoms with Crippen LogP contribution in [-0.4, -0.2) is 0 Å². The standard InChI is InChI=1S/C18H20ClN/c1-12-3-10-17(13(2)11-12)20-18(14-4-5-14)15-6-8-16(19)9-7-15/h3,6-11,14,18,20H,4-5H2,1-2H3. The van der Waals surface area contributed by atoms with Crippen LogP contribution in [0.25, 0.3) is 0 Å². The van der Waals surface area contributed by atoms with E-state index in [1.165, 1.54) is 35.2 Å². The molecule has 20 heavy (non-hydrogen) atoms. The lowest BCUT2D eigenvalue weighted by atomic mass is 10.0. The summed E-state index contributed by atoms with van der Waals surface area (Å²) in [5.41, 5.74) is 5.19. The van der Waals surface area contributed by atoms with E-state index in [9.17, 15) is 0 Å². The number of halogens is 1. The molecule has 0 bridgehead atoms. The van der Waals surface area contributed by atoms with Gasteiger partial charge in [-0.15, -0.1) is 0 Å². The Morgan fingerprint density at radius 1 is 1.05 bits per heavy atom. The number of benzene rings is 2. The number of anilines is 1. The summed E-state index contributed by atoms with van der Waals surface area (Å²) >= 11 is 5.99. The van der Waals surface area contributed by atoms with E-state index in [0.717, 1.165) is 10.9 Å². The fourth-order valence-corrected chi connectivity index (χ4v) is 2.84. The lowest BCUT2D eigenvalue weighted by molar-refractivity contribution is 0.678. The molecule has 1 atom stereocenters. The van der Waals surface area contributed by atoms with Gasteiger partial charge in [-0.1, -0.05) is 41.4 Å². The fraction of sp³-hybridized carbons (Fsp3) is 0.333. The summed E-state index contributed by atoms with van der Waals surface area (Å²) in [5.74, 6) is 0.747. The van der Waals surface area contributed by atoms with Crippen LogP contribution < -0.4 is 5.32 Å². The second-order valence-electron chi connectivity index (χ2n) is 5.83. The molecule has 1 aliphatic rings. The summed E-state index contributed by atoms with van der Waals surface area (Å²) in [6, 6.07) is 15.2. The molecule has 3 rings (SSSR count). The van der Waals surface area contributed by atoms with Gasteiger partial charge in [0.05, 0.1) is 6.04 Å². The number of hydrogen-bond acceptors (Lipinski definition) is 1. The second-order valence-corrected chi connectivity index (χ2v) is 6.27. The van der Waals surface area contributed by atoms with E-state index >= 15 is 0 Å². The summed E-state index contributed by atoms with van der Waals surface area (Å²) in [6.07, 6.45) is 2.62. The molecule has 1 saturated carbocycles. The van der Waals surface area contributed by atoms with Gasteiger partial charge in [0, 0.05) is 10.7 Å². The summed E-state index contributed by atoms with van der Waals surface area (Å²) in [4.78, 5) is 0. The largest absolute Gasteiger partial charge is 0.378 e. The van der Waals surface area contributed by atoms with E-state index in [4.69, 9.17) is 11.6 Å². The van der Waals surface area contributed by atoms with Crippen molar-refractivity contribution in [3.8, 4) is 0 Å². The molecule has 0 aliphatic heterocycles. The molecule has 0 radical (unpaired) electrons. The molecule has 1 aliphatic carbocycles. The number of hydrogen-bond donors (Lipinski definition) is 1. The number of nitrogens with one attached hydrogen (secondary N) is 1. The molecular weight excluding hydrogens is 266 g/mol. The SMILES string of the molecule is Cc1ccc(NC(c2ccc(Cl)cc2)C2CC2)c(C)c1. The summed E-state index contributed by atoms with van der Waals surface area (Å²) in [7, 11) is 0. The smallest absolute Gasteiger partial charge is 0.0542 e. The Balaban J connectivity index is 1.86. The number of aryl methyl sites for hydroxylation is 2. The third-order valence-corrected chi connectivity index (χ3v) is 4.27. The van der Waals surface area contributed by atoms with Gasteiger partial charge in [0.1, 0.15) is 0 Å². The minimum absolute atomic E-state index is 0.397. The maximum absolute atomic E-state index is 5.99. The molecule has 1 N–H and O–H groups in total. The first-order valence-electron chi connectivity index (χ1n) is 7.23. The van der Waals surface area contributed by atoms with Gasteiger partial charge in [0.25, 0.3) is 0 Å². The minimum atomic E-state index is 0.397. The average molecular weight is 286 g/mol. The van der Waals surface area contributed by atoms with Crippen LogP contribution in [0.15, 0.2) is 42.5 Å². The van der Waals surface area contributed by atoms with Crippen molar-refractivity contribution in [1.82, 2.24) is 0 Å². The van der Waals surface area contributed by atoms with Crippen LogP contribution in [0.3, 0.4) is 0 Å². The monoisotopic (exact) mass is 285 g/mol. The van der Waals surface area contributed by atoms with Gasteiger partial charge < -0.3 is 5.32 Å². The van der Waals surface area contributed by atoms with Crippen LogP contribution in [0.4, 0.5) is 5.69 Å². The van der Waals surface area contributed by atoms with Gasteiger partial charge in [-0.3, -0.25) is 0 Å². The maximum atomic E-state index is 5.99. The normalized spacial score (nSPS) is 15.9. The van der Waals surface area contributed by atoms with Crippen molar-refractivity contribution >= 4 is 17.3 Å². The molecule has 0 saturated heterocycles. The van der Waals surface area contributed by atoms with Crippen molar-refractivity contribution in [2.45, 2.75) is 32.7 Å². The molecule has 0 spiro atoms. The maximum Gasteiger partial charge on any atom is 0.0542 e. The zero-order chi connectivity index (χ0) is 14.1. The zero-order valence-corrected chi connectivity index (χ0v) is 12.7.